The maximum Gasteiger partial charge on any atom is 0.243 e. The average Bonchev–Trinajstić information content (AvgIpc) is 2.74. The summed E-state index contributed by atoms with van der Waals surface area (Å²) in [5.74, 6) is 0.243. The lowest BCUT2D eigenvalue weighted by molar-refractivity contribution is -0.116. The number of nitrogens with one attached hydrogen (secondary N) is 1. The van der Waals surface area contributed by atoms with Crippen molar-refractivity contribution in [2.45, 2.75) is 37.7 Å². The van der Waals surface area contributed by atoms with E-state index in [0.717, 1.165) is 5.56 Å². The van der Waals surface area contributed by atoms with Gasteiger partial charge in [-0.15, -0.1) is 0 Å². The largest absolute Gasteiger partial charge is 0.489 e. The van der Waals surface area contributed by atoms with E-state index in [1.54, 1.807) is 6.07 Å². The number of amides is 1. The van der Waals surface area contributed by atoms with Gasteiger partial charge < -0.3 is 14.8 Å². The predicted octanol–water partition coefficient (Wildman–Crippen LogP) is 3.07. The van der Waals surface area contributed by atoms with Crippen LogP contribution in [0.2, 0.25) is 0 Å². The van der Waals surface area contributed by atoms with Crippen LogP contribution >= 0.6 is 0 Å². The van der Waals surface area contributed by atoms with Crippen molar-refractivity contribution in [3.05, 3.63) is 54.1 Å². The summed E-state index contributed by atoms with van der Waals surface area (Å²) in [5, 5.41) is 2.83. The maximum absolute atomic E-state index is 13.0. The molecule has 0 saturated carbocycles. The highest BCUT2D eigenvalue weighted by Crippen LogP contribution is 2.30. The predicted molar refractivity (Wildman–Crippen MR) is 115 cm³/mol. The van der Waals surface area contributed by atoms with Crippen molar-refractivity contribution < 1.29 is 22.7 Å². The maximum atomic E-state index is 13.0. The van der Waals surface area contributed by atoms with E-state index in [1.165, 1.54) is 16.4 Å². The summed E-state index contributed by atoms with van der Waals surface area (Å²) in [4.78, 5) is 12.7. The fourth-order valence-corrected chi connectivity index (χ4v) is 4.61. The van der Waals surface area contributed by atoms with Crippen molar-refractivity contribution in [2.75, 3.05) is 31.6 Å². The number of hydrogen-bond acceptors (Lipinski definition) is 5. The molecule has 0 radical (unpaired) electrons. The molecule has 8 heteroatoms. The summed E-state index contributed by atoms with van der Waals surface area (Å²) in [5.41, 5.74) is 1.42. The van der Waals surface area contributed by atoms with E-state index in [2.05, 4.69) is 5.32 Å². The number of nitrogens with zero attached hydrogens (tertiary/aromatic N) is 1. The molecule has 1 saturated heterocycles. The van der Waals surface area contributed by atoms with Gasteiger partial charge in [0.05, 0.1) is 29.9 Å². The van der Waals surface area contributed by atoms with Crippen LogP contribution in [0, 0.1) is 0 Å². The second-order valence-electron chi connectivity index (χ2n) is 7.37. The van der Waals surface area contributed by atoms with Gasteiger partial charge in [0, 0.05) is 19.5 Å². The molecule has 2 aromatic rings. The third-order valence-corrected chi connectivity index (χ3v) is 6.57. The molecule has 3 rings (SSSR count). The number of hydrogen-bond donors (Lipinski definition) is 1. The first-order chi connectivity index (χ1) is 14.4. The van der Waals surface area contributed by atoms with E-state index in [-0.39, 0.29) is 23.3 Å². The number of rotatable bonds is 8. The molecule has 1 fully saturated rings. The van der Waals surface area contributed by atoms with Gasteiger partial charge in [-0.05, 0) is 44.0 Å². The first kappa shape index (κ1) is 22.3. The van der Waals surface area contributed by atoms with Crippen LogP contribution < -0.4 is 10.1 Å². The molecule has 2 aromatic carbocycles. The van der Waals surface area contributed by atoms with Gasteiger partial charge in [0.2, 0.25) is 15.9 Å². The van der Waals surface area contributed by atoms with E-state index < -0.39 is 10.0 Å². The lowest BCUT2D eigenvalue weighted by Crippen LogP contribution is -2.40. The zero-order valence-electron chi connectivity index (χ0n) is 17.3. The molecular formula is C22H28N2O5S. The van der Waals surface area contributed by atoms with Crippen LogP contribution in [0.5, 0.6) is 5.75 Å². The zero-order valence-corrected chi connectivity index (χ0v) is 18.2. The lowest BCUT2D eigenvalue weighted by Gasteiger charge is -2.26. The molecule has 7 nitrogen and oxygen atoms in total. The van der Waals surface area contributed by atoms with Gasteiger partial charge in [0.1, 0.15) is 5.75 Å². The van der Waals surface area contributed by atoms with Gasteiger partial charge in [-0.2, -0.15) is 4.31 Å². The van der Waals surface area contributed by atoms with Gasteiger partial charge in [-0.3, -0.25) is 4.79 Å². The van der Waals surface area contributed by atoms with Gasteiger partial charge >= 0.3 is 0 Å². The number of ether oxygens (including phenoxy) is 2. The van der Waals surface area contributed by atoms with E-state index >= 15 is 0 Å². The minimum Gasteiger partial charge on any atom is -0.489 e. The second kappa shape index (κ2) is 10.1. The molecule has 1 heterocycles. The molecule has 30 heavy (non-hydrogen) atoms. The minimum absolute atomic E-state index is 0.119. The highest BCUT2D eigenvalue weighted by atomic mass is 32.2. The van der Waals surface area contributed by atoms with Crippen LogP contribution in [0.15, 0.2) is 53.4 Å². The van der Waals surface area contributed by atoms with Crippen LogP contribution in [0.25, 0.3) is 0 Å². The Morgan fingerprint density at radius 1 is 1.13 bits per heavy atom. The Bertz CT molecular complexity index is 955. The monoisotopic (exact) mass is 432 g/mol. The Morgan fingerprint density at radius 2 is 1.83 bits per heavy atom. The Labute approximate surface area is 178 Å². The summed E-state index contributed by atoms with van der Waals surface area (Å²) < 4.78 is 38.4. The summed E-state index contributed by atoms with van der Waals surface area (Å²) in [6, 6.07) is 14.3. The molecule has 162 valence electrons. The molecule has 1 amide bonds. The van der Waals surface area contributed by atoms with Gasteiger partial charge in [0.15, 0.2) is 0 Å². The van der Waals surface area contributed by atoms with E-state index in [0.29, 0.717) is 44.2 Å². The zero-order chi connectivity index (χ0) is 21.6. The Morgan fingerprint density at radius 3 is 2.50 bits per heavy atom. The summed E-state index contributed by atoms with van der Waals surface area (Å²) in [6.07, 6.45) is 0.761. The van der Waals surface area contributed by atoms with E-state index in [9.17, 15) is 13.2 Å². The molecule has 1 aliphatic rings. The van der Waals surface area contributed by atoms with Crippen LogP contribution in [0.1, 0.15) is 25.8 Å². The number of morpholine rings is 1. The highest BCUT2D eigenvalue weighted by molar-refractivity contribution is 7.89. The molecule has 1 aliphatic heterocycles. The molecule has 0 aromatic heterocycles. The lowest BCUT2D eigenvalue weighted by atomic mass is 10.1. The van der Waals surface area contributed by atoms with Crippen LogP contribution in [-0.4, -0.2) is 51.0 Å². The topological polar surface area (TPSA) is 84.9 Å². The second-order valence-corrected chi connectivity index (χ2v) is 9.31. The highest BCUT2D eigenvalue weighted by Gasteiger charge is 2.27. The minimum atomic E-state index is -3.67. The third kappa shape index (κ3) is 5.81. The number of carbonyl (C=O) groups is 1. The molecule has 0 aliphatic carbocycles. The standard InChI is InChI=1S/C22H28N2O5S/c1-17(2)29-21-10-9-19(30(26,27)24-12-14-28-15-13-24)16-20(21)23-22(25)11-8-18-6-4-3-5-7-18/h3-7,9-10,16-17H,8,11-15H2,1-2H3,(H,23,25). The molecule has 0 spiro atoms. The van der Waals surface area contributed by atoms with Gasteiger partial charge in [-0.25, -0.2) is 8.42 Å². The number of benzene rings is 2. The molecule has 0 bridgehead atoms. The van der Waals surface area contributed by atoms with Crippen LogP contribution in [0.4, 0.5) is 5.69 Å². The number of anilines is 1. The number of carbonyl (C=O) groups excluding carboxylic acids is 1. The first-order valence-electron chi connectivity index (χ1n) is 10.1. The Hall–Kier alpha value is -2.42. The summed E-state index contributed by atoms with van der Waals surface area (Å²) in [7, 11) is -3.67. The molecular weight excluding hydrogens is 404 g/mol. The van der Waals surface area contributed by atoms with E-state index in [1.807, 2.05) is 44.2 Å². The first-order valence-corrected chi connectivity index (χ1v) is 11.5. The SMILES string of the molecule is CC(C)Oc1ccc(S(=O)(=O)N2CCOCC2)cc1NC(=O)CCc1ccccc1. The molecule has 0 unspecified atom stereocenters. The van der Waals surface area contributed by atoms with Crippen LogP contribution in [-0.2, 0) is 26.0 Å². The van der Waals surface area contributed by atoms with Gasteiger partial charge in [-0.1, -0.05) is 30.3 Å². The number of aryl methyl sites for hydroxylation is 1. The summed E-state index contributed by atoms with van der Waals surface area (Å²) in [6.45, 7) is 5.11. The van der Waals surface area contributed by atoms with Crippen molar-refractivity contribution in [1.29, 1.82) is 0 Å². The number of sulfonamides is 1. The van der Waals surface area contributed by atoms with Crippen molar-refractivity contribution in [3.63, 3.8) is 0 Å². The molecule has 1 N–H and O–H groups in total. The van der Waals surface area contributed by atoms with Crippen molar-refractivity contribution in [3.8, 4) is 5.75 Å². The Balaban J connectivity index is 1.79. The normalized spacial score (nSPS) is 15.2. The summed E-state index contributed by atoms with van der Waals surface area (Å²) >= 11 is 0. The smallest absolute Gasteiger partial charge is 0.243 e. The van der Waals surface area contributed by atoms with Crippen molar-refractivity contribution >= 4 is 21.6 Å². The van der Waals surface area contributed by atoms with E-state index in [4.69, 9.17) is 9.47 Å². The quantitative estimate of drug-likeness (QED) is 0.693. The third-order valence-electron chi connectivity index (χ3n) is 4.68. The Kier molecular flexibility index (Phi) is 7.47. The van der Waals surface area contributed by atoms with Crippen LogP contribution in [0.3, 0.4) is 0 Å². The average molecular weight is 433 g/mol. The van der Waals surface area contributed by atoms with Gasteiger partial charge in [0.25, 0.3) is 0 Å². The molecule has 0 atom stereocenters. The van der Waals surface area contributed by atoms with Crippen molar-refractivity contribution in [2.24, 2.45) is 0 Å². The fourth-order valence-electron chi connectivity index (χ4n) is 3.18. The van der Waals surface area contributed by atoms with Crippen molar-refractivity contribution in [1.82, 2.24) is 4.31 Å². The fraction of sp³-hybridized carbons (Fsp3) is 0.409.